The van der Waals surface area contributed by atoms with Gasteiger partial charge in [-0.25, -0.2) is 9.18 Å². The summed E-state index contributed by atoms with van der Waals surface area (Å²) in [4.78, 5) is 12.6. The zero-order valence-corrected chi connectivity index (χ0v) is 7.46. The molecular formula is C9H7ClFNO. The molecule has 2 nitrogen and oxygen atoms in total. The lowest BCUT2D eigenvalue weighted by Gasteiger charge is -2.01. The molecule has 1 unspecified atom stereocenters. The standard InChI is InChI=1S/C9H7ClFNO/c10-8-3-1-2-7(4-8)5-9(11)12-6-13/h1-4,9H,5H2. The molecule has 13 heavy (non-hydrogen) atoms. The SMILES string of the molecule is O=C=NC(F)Cc1cccc(Cl)c1. The van der Waals surface area contributed by atoms with Crippen molar-refractivity contribution in [1.82, 2.24) is 0 Å². The Labute approximate surface area is 80.1 Å². The molecule has 0 spiro atoms. The van der Waals surface area contributed by atoms with Crippen LogP contribution in [0.1, 0.15) is 5.56 Å². The van der Waals surface area contributed by atoms with E-state index < -0.39 is 6.30 Å². The summed E-state index contributed by atoms with van der Waals surface area (Å²) in [5, 5.41) is 0.541. The van der Waals surface area contributed by atoms with Crippen LogP contribution in [-0.4, -0.2) is 12.4 Å². The fourth-order valence-electron chi connectivity index (χ4n) is 0.961. The molecule has 1 atom stereocenters. The number of hydrogen-bond acceptors (Lipinski definition) is 2. The van der Waals surface area contributed by atoms with E-state index in [2.05, 4.69) is 4.99 Å². The van der Waals surface area contributed by atoms with Gasteiger partial charge < -0.3 is 0 Å². The van der Waals surface area contributed by atoms with Crippen molar-refractivity contribution in [3.05, 3.63) is 34.9 Å². The molecule has 0 N–H and O–H groups in total. The highest BCUT2D eigenvalue weighted by Crippen LogP contribution is 2.13. The summed E-state index contributed by atoms with van der Waals surface area (Å²) in [6.45, 7) is 0. The lowest BCUT2D eigenvalue weighted by Crippen LogP contribution is -2.00. The molecule has 0 aliphatic rings. The predicted octanol–water partition coefficient (Wildman–Crippen LogP) is 2.51. The number of benzene rings is 1. The van der Waals surface area contributed by atoms with Gasteiger partial charge in [0, 0.05) is 11.4 Å². The first-order chi connectivity index (χ1) is 6.22. The van der Waals surface area contributed by atoms with Crippen molar-refractivity contribution in [3.63, 3.8) is 0 Å². The summed E-state index contributed by atoms with van der Waals surface area (Å²) in [5.74, 6) is 0. The zero-order valence-electron chi connectivity index (χ0n) is 6.71. The van der Waals surface area contributed by atoms with E-state index in [1.807, 2.05) is 0 Å². The van der Waals surface area contributed by atoms with Crippen LogP contribution in [0.3, 0.4) is 0 Å². The van der Waals surface area contributed by atoms with Crippen LogP contribution < -0.4 is 0 Å². The predicted molar refractivity (Wildman–Crippen MR) is 48.2 cm³/mol. The Morgan fingerprint density at radius 1 is 1.62 bits per heavy atom. The highest BCUT2D eigenvalue weighted by molar-refractivity contribution is 6.30. The van der Waals surface area contributed by atoms with Crippen molar-refractivity contribution in [3.8, 4) is 0 Å². The first-order valence-electron chi connectivity index (χ1n) is 3.68. The number of nitrogens with zero attached hydrogens (tertiary/aromatic N) is 1. The molecule has 0 heterocycles. The van der Waals surface area contributed by atoms with Crippen molar-refractivity contribution in [1.29, 1.82) is 0 Å². The summed E-state index contributed by atoms with van der Waals surface area (Å²) >= 11 is 5.67. The largest absolute Gasteiger partial charge is 0.237 e. The maximum absolute atomic E-state index is 12.7. The quantitative estimate of drug-likeness (QED) is 0.418. The van der Waals surface area contributed by atoms with E-state index in [1.165, 1.54) is 6.08 Å². The minimum Gasteiger partial charge on any atom is -0.221 e. The molecule has 0 saturated heterocycles. The van der Waals surface area contributed by atoms with E-state index in [0.717, 1.165) is 0 Å². The van der Waals surface area contributed by atoms with Gasteiger partial charge in [-0.1, -0.05) is 23.7 Å². The number of alkyl halides is 1. The molecule has 0 amide bonds. The smallest absolute Gasteiger partial charge is 0.221 e. The van der Waals surface area contributed by atoms with E-state index in [1.54, 1.807) is 24.3 Å². The Bertz CT molecular complexity index is 336. The van der Waals surface area contributed by atoms with Crippen LogP contribution in [0, 0.1) is 0 Å². The normalized spacial score (nSPS) is 11.8. The Morgan fingerprint density at radius 3 is 3.00 bits per heavy atom. The Morgan fingerprint density at radius 2 is 2.38 bits per heavy atom. The third kappa shape index (κ3) is 3.36. The van der Waals surface area contributed by atoms with Gasteiger partial charge in [-0.2, -0.15) is 4.99 Å². The molecule has 0 aliphatic heterocycles. The Balaban J connectivity index is 2.68. The fraction of sp³-hybridized carbons (Fsp3) is 0.222. The zero-order chi connectivity index (χ0) is 9.68. The number of halogens is 2. The van der Waals surface area contributed by atoms with Crippen LogP contribution in [0.4, 0.5) is 4.39 Å². The van der Waals surface area contributed by atoms with Crippen molar-refractivity contribution in [2.45, 2.75) is 12.7 Å². The van der Waals surface area contributed by atoms with Gasteiger partial charge in [0.1, 0.15) is 0 Å². The average molecular weight is 200 g/mol. The monoisotopic (exact) mass is 199 g/mol. The minimum absolute atomic E-state index is 0.0514. The van der Waals surface area contributed by atoms with Crippen molar-refractivity contribution < 1.29 is 9.18 Å². The molecule has 1 aromatic rings. The third-order valence-corrected chi connectivity index (χ3v) is 1.72. The van der Waals surface area contributed by atoms with Gasteiger partial charge in [0.2, 0.25) is 12.4 Å². The van der Waals surface area contributed by atoms with Gasteiger partial charge >= 0.3 is 0 Å². The molecule has 0 radical (unpaired) electrons. The first-order valence-corrected chi connectivity index (χ1v) is 4.05. The van der Waals surface area contributed by atoms with Gasteiger partial charge in [0.15, 0.2) is 0 Å². The number of isocyanates is 1. The second-order valence-electron chi connectivity index (χ2n) is 2.49. The molecule has 1 rings (SSSR count). The summed E-state index contributed by atoms with van der Waals surface area (Å²) in [6, 6.07) is 6.77. The average Bonchev–Trinajstić information content (AvgIpc) is 2.04. The van der Waals surface area contributed by atoms with Crippen LogP contribution in [0.25, 0.3) is 0 Å². The van der Waals surface area contributed by atoms with Crippen LogP contribution >= 0.6 is 11.6 Å². The van der Waals surface area contributed by atoms with E-state index in [9.17, 15) is 9.18 Å². The van der Waals surface area contributed by atoms with Crippen LogP contribution in [0.5, 0.6) is 0 Å². The highest BCUT2D eigenvalue weighted by Gasteiger charge is 2.04. The molecule has 1 aromatic carbocycles. The van der Waals surface area contributed by atoms with Crippen molar-refractivity contribution in [2.24, 2.45) is 4.99 Å². The van der Waals surface area contributed by atoms with E-state index in [-0.39, 0.29) is 6.42 Å². The lowest BCUT2D eigenvalue weighted by atomic mass is 10.1. The summed E-state index contributed by atoms with van der Waals surface area (Å²) in [7, 11) is 0. The minimum atomic E-state index is -1.53. The number of hydrogen-bond donors (Lipinski definition) is 0. The molecule has 0 saturated carbocycles. The van der Waals surface area contributed by atoms with E-state index in [0.29, 0.717) is 10.6 Å². The number of rotatable bonds is 3. The molecule has 68 valence electrons. The number of aliphatic imine (C=N–C) groups is 1. The van der Waals surface area contributed by atoms with Crippen LogP contribution in [0.2, 0.25) is 5.02 Å². The summed E-state index contributed by atoms with van der Waals surface area (Å²) in [6.07, 6.45) is -0.311. The van der Waals surface area contributed by atoms with Crippen LogP contribution in [0.15, 0.2) is 29.3 Å². The maximum Gasteiger partial charge on any atom is 0.237 e. The summed E-state index contributed by atoms with van der Waals surface area (Å²) < 4.78 is 12.7. The first kappa shape index (κ1) is 9.90. The lowest BCUT2D eigenvalue weighted by molar-refractivity contribution is 0.344. The Kier molecular flexibility index (Phi) is 3.62. The van der Waals surface area contributed by atoms with E-state index >= 15 is 0 Å². The van der Waals surface area contributed by atoms with Gasteiger partial charge in [-0.3, -0.25) is 0 Å². The molecule has 0 aliphatic carbocycles. The second-order valence-corrected chi connectivity index (χ2v) is 2.93. The van der Waals surface area contributed by atoms with Crippen LogP contribution in [-0.2, 0) is 11.2 Å². The fourth-order valence-corrected chi connectivity index (χ4v) is 1.17. The highest BCUT2D eigenvalue weighted by atomic mass is 35.5. The number of carbonyl (C=O) groups excluding carboxylic acids is 1. The molecule has 0 aromatic heterocycles. The van der Waals surface area contributed by atoms with Gasteiger partial charge in [-0.05, 0) is 17.7 Å². The second kappa shape index (κ2) is 4.75. The topological polar surface area (TPSA) is 29.4 Å². The molecule has 4 heteroatoms. The van der Waals surface area contributed by atoms with Crippen molar-refractivity contribution in [2.75, 3.05) is 0 Å². The molecule has 0 fully saturated rings. The Hall–Kier alpha value is -1.18. The molecular weight excluding hydrogens is 193 g/mol. The van der Waals surface area contributed by atoms with Gasteiger partial charge in [0.25, 0.3) is 0 Å². The summed E-state index contributed by atoms with van der Waals surface area (Å²) in [5.41, 5.74) is 0.707. The maximum atomic E-state index is 12.7. The third-order valence-electron chi connectivity index (χ3n) is 1.49. The van der Waals surface area contributed by atoms with Gasteiger partial charge in [0.05, 0.1) is 0 Å². The molecule has 0 bridgehead atoms. The van der Waals surface area contributed by atoms with Gasteiger partial charge in [-0.15, -0.1) is 0 Å². The van der Waals surface area contributed by atoms with E-state index in [4.69, 9.17) is 11.6 Å². The van der Waals surface area contributed by atoms with Crippen molar-refractivity contribution >= 4 is 17.7 Å².